The Labute approximate surface area is 172 Å². The van der Waals surface area contributed by atoms with E-state index >= 15 is 0 Å². The molecule has 0 aromatic carbocycles. The van der Waals surface area contributed by atoms with Gasteiger partial charge in [0.15, 0.2) is 12.5 Å². The summed E-state index contributed by atoms with van der Waals surface area (Å²) in [5.74, 6) is 0. The van der Waals surface area contributed by atoms with E-state index in [2.05, 4.69) is 39.3 Å². The molecule has 4 unspecified atom stereocenters. The lowest BCUT2D eigenvalue weighted by Gasteiger charge is -2.36. The number of ether oxygens (including phenoxy) is 2. The van der Waals surface area contributed by atoms with Gasteiger partial charge in [-0.2, -0.15) is 0 Å². The predicted octanol–water partition coefficient (Wildman–Crippen LogP) is 3.30. The zero-order valence-corrected chi connectivity index (χ0v) is 20.5. The molecule has 164 valence electrons. The fourth-order valence-electron chi connectivity index (χ4n) is 3.97. The Hall–Kier alpha value is -0.456. The van der Waals surface area contributed by atoms with Crippen molar-refractivity contribution in [1.82, 2.24) is 9.80 Å². The van der Waals surface area contributed by atoms with Crippen LogP contribution in [0.15, 0.2) is 0 Å². The highest BCUT2D eigenvalue weighted by molar-refractivity contribution is 6.76. The number of carbonyl (C=O) groups excluding carboxylic acids is 1. The molecule has 2 fully saturated rings. The molecule has 0 aromatic heterocycles. The van der Waals surface area contributed by atoms with Gasteiger partial charge >= 0.3 is 6.16 Å². The Morgan fingerprint density at radius 3 is 1.46 bits per heavy atom. The summed E-state index contributed by atoms with van der Waals surface area (Å²) in [7, 11) is -3.06. The van der Waals surface area contributed by atoms with Crippen LogP contribution < -0.4 is 0 Å². The topological polar surface area (TPSA) is 82.5 Å². The van der Waals surface area contributed by atoms with Crippen LogP contribution in [-0.4, -0.2) is 80.3 Å². The second-order valence-electron chi connectivity index (χ2n) is 10.6. The number of hydrogen-bond donors (Lipinski definition) is 2. The van der Waals surface area contributed by atoms with Crippen molar-refractivity contribution in [2.24, 2.45) is 0 Å². The van der Waals surface area contributed by atoms with Crippen LogP contribution in [0.2, 0.25) is 51.4 Å². The summed E-state index contributed by atoms with van der Waals surface area (Å²) < 4.78 is 11.5. The molecule has 2 aliphatic heterocycles. The SMILES string of the molecule is C[Si](C)(C)CC(OC(=O)OC(C[Si](C)(C)C)N1CCCC1O)N1CCCC1O. The molecule has 2 heterocycles. The average Bonchev–Trinajstić information content (AvgIpc) is 3.11. The van der Waals surface area contributed by atoms with E-state index in [4.69, 9.17) is 9.47 Å². The molecule has 28 heavy (non-hydrogen) atoms. The summed E-state index contributed by atoms with van der Waals surface area (Å²) in [6, 6.07) is 1.51. The molecule has 2 N–H and O–H groups in total. The lowest BCUT2D eigenvalue weighted by molar-refractivity contribution is -0.123. The van der Waals surface area contributed by atoms with E-state index in [1.54, 1.807) is 0 Å². The summed E-state index contributed by atoms with van der Waals surface area (Å²) >= 11 is 0. The Morgan fingerprint density at radius 2 is 1.21 bits per heavy atom. The molecular formula is C19H40N2O5Si2. The molecule has 0 amide bonds. The van der Waals surface area contributed by atoms with Crippen molar-refractivity contribution in [3.05, 3.63) is 0 Å². The van der Waals surface area contributed by atoms with Crippen molar-refractivity contribution < 1.29 is 24.5 Å². The van der Waals surface area contributed by atoms with Gasteiger partial charge in [-0.3, -0.25) is 0 Å². The van der Waals surface area contributed by atoms with Gasteiger partial charge in [0.05, 0.1) is 16.1 Å². The quantitative estimate of drug-likeness (QED) is 0.450. The Kier molecular flexibility index (Phi) is 8.14. The first-order valence-corrected chi connectivity index (χ1v) is 18.0. The van der Waals surface area contributed by atoms with Crippen LogP contribution >= 0.6 is 0 Å². The Balaban J connectivity index is 2.06. The number of likely N-dealkylation sites (tertiary alicyclic amines) is 2. The van der Waals surface area contributed by atoms with Gasteiger partial charge in [-0.1, -0.05) is 39.3 Å². The molecule has 7 nitrogen and oxygen atoms in total. The van der Waals surface area contributed by atoms with Gasteiger partial charge in [0.2, 0.25) is 0 Å². The van der Waals surface area contributed by atoms with Gasteiger partial charge in [-0.25, -0.2) is 14.6 Å². The average molecular weight is 433 g/mol. The van der Waals surface area contributed by atoms with E-state index in [1.165, 1.54) is 0 Å². The van der Waals surface area contributed by atoms with Crippen molar-refractivity contribution in [3.63, 3.8) is 0 Å². The van der Waals surface area contributed by atoms with Gasteiger partial charge in [-0.15, -0.1) is 0 Å². The second kappa shape index (κ2) is 9.57. The van der Waals surface area contributed by atoms with E-state index in [0.29, 0.717) is 12.8 Å². The molecular weight excluding hydrogens is 392 g/mol. The highest BCUT2D eigenvalue weighted by Crippen LogP contribution is 2.28. The van der Waals surface area contributed by atoms with E-state index in [9.17, 15) is 15.0 Å². The first-order chi connectivity index (χ1) is 12.9. The molecule has 2 aliphatic rings. The van der Waals surface area contributed by atoms with Crippen molar-refractivity contribution >= 4 is 22.3 Å². The summed E-state index contributed by atoms with van der Waals surface area (Å²) in [6.45, 7) is 14.8. The van der Waals surface area contributed by atoms with Gasteiger partial charge < -0.3 is 19.7 Å². The minimum atomic E-state index is -1.53. The molecule has 4 atom stereocenters. The molecule has 0 radical (unpaired) electrons. The summed E-state index contributed by atoms with van der Waals surface area (Å²) in [5.41, 5.74) is 0. The summed E-state index contributed by atoms with van der Waals surface area (Å²) in [4.78, 5) is 16.5. The first-order valence-electron chi connectivity index (χ1n) is 10.6. The lowest BCUT2D eigenvalue weighted by atomic mass is 10.4. The normalized spacial score (nSPS) is 27.0. The van der Waals surface area contributed by atoms with E-state index in [1.807, 2.05) is 9.80 Å². The Morgan fingerprint density at radius 1 is 0.857 bits per heavy atom. The number of aliphatic hydroxyl groups excluding tert-OH is 2. The zero-order chi connectivity index (χ0) is 21.1. The van der Waals surface area contributed by atoms with Crippen LogP contribution in [0.4, 0.5) is 4.79 Å². The third-order valence-electron chi connectivity index (χ3n) is 5.30. The lowest BCUT2D eigenvalue weighted by Crippen LogP contribution is -2.48. The number of nitrogens with zero attached hydrogens (tertiary/aromatic N) is 2. The van der Waals surface area contributed by atoms with Gasteiger partial charge in [-0.05, 0) is 37.8 Å². The number of carbonyl (C=O) groups is 1. The van der Waals surface area contributed by atoms with Crippen molar-refractivity contribution in [2.45, 2.75) is 102 Å². The predicted molar refractivity (Wildman–Crippen MR) is 115 cm³/mol. The number of aliphatic hydroxyl groups is 2. The van der Waals surface area contributed by atoms with E-state index in [0.717, 1.165) is 38.0 Å². The zero-order valence-electron chi connectivity index (χ0n) is 18.5. The largest absolute Gasteiger partial charge is 0.511 e. The standard InChI is InChI=1S/C19H40N2O5Si2/c1-27(2,3)13-17(20-11-7-9-15(20)22)25-19(24)26-18(14-28(4,5)6)21-12-8-10-16(21)23/h15-18,22-23H,7-14H2,1-6H3. The van der Waals surface area contributed by atoms with Crippen LogP contribution in [0.1, 0.15) is 25.7 Å². The molecule has 0 bridgehead atoms. The fraction of sp³-hybridized carbons (Fsp3) is 0.947. The third kappa shape index (κ3) is 7.42. The monoisotopic (exact) mass is 432 g/mol. The fourth-order valence-corrected chi connectivity index (χ4v) is 6.70. The molecule has 2 saturated heterocycles. The highest BCUT2D eigenvalue weighted by Gasteiger charge is 2.38. The highest BCUT2D eigenvalue weighted by atomic mass is 28.3. The smallest absolute Gasteiger partial charge is 0.415 e. The maximum atomic E-state index is 12.7. The maximum Gasteiger partial charge on any atom is 0.511 e. The molecule has 0 spiro atoms. The second-order valence-corrected chi connectivity index (χ2v) is 21.7. The van der Waals surface area contributed by atoms with E-state index < -0.39 is 47.2 Å². The van der Waals surface area contributed by atoms with Crippen molar-refractivity contribution in [2.75, 3.05) is 13.1 Å². The molecule has 0 saturated carbocycles. The third-order valence-corrected chi connectivity index (χ3v) is 8.45. The van der Waals surface area contributed by atoms with Crippen LogP contribution in [0.25, 0.3) is 0 Å². The van der Waals surface area contributed by atoms with Crippen LogP contribution in [-0.2, 0) is 9.47 Å². The molecule has 0 aliphatic carbocycles. The summed E-state index contributed by atoms with van der Waals surface area (Å²) in [5, 5.41) is 20.6. The van der Waals surface area contributed by atoms with E-state index in [-0.39, 0.29) is 0 Å². The minimum absolute atomic E-state index is 0.451. The Bertz CT molecular complexity index is 479. The van der Waals surface area contributed by atoms with Crippen molar-refractivity contribution in [1.29, 1.82) is 0 Å². The molecule has 0 aromatic rings. The minimum Gasteiger partial charge on any atom is -0.415 e. The van der Waals surface area contributed by atoms with Gasteiger partial charge in [0, 0.05) is 13.1 Å². The van der Waals surface area contributed by atoms with Gasteiger partial charge in [0.25, 0.3) is 0 Å². The first kappa shape index (κ1) is 23.8. The van der Waals surface area contributed by atoms with Crippen LogP contribution in [0.5, 0.6) is 0 Å². The van der Waals surface area contributed by atoms with Crippen LogP contribution in [0, 0.1) is 0 Å². The van der Waals surface area contributed by atoms with Crippen molar-refractivity contribution in [3.8, 4) is 0 Å². The maximum absolute atomic E-state index is 12.7. The number of rotatable bonds is 8. The molecule has 2 rings (SSSR count). The van der Waals surface area contributed by atoms with Gasteiger partial charge in [0.1, 0.15) is 12.5 Å². The summed E-state index contributed by atoms with van der Waals surface area (Å²) in [6.07, 6.45) is 0.502. The molecule has 9 heteroatoms. The van der Waals surface area contributed by atoms with Crippen LogP contribution in [0.3, 0.4) is 0 Å². The number of hydrogen-bond acceptors (Lipinski definition) is 7.